The highest BCUT2D eigenvalue weighted by Gasteiger charge is 2.11. The number of aromatic nitrogens is 4. The average molecular weight is 487 g/mol. The van der Waals surface area contributed by atoms with E-state index in [0.717, 1.165) is 10.0 Å². The summed E-state index contributed by atoms with van der Waals surface area (Å²) in [6.07, 6.45) is 3.03. The Morgan fingerprint density at radius 2 is 1.83 bits per heavy atom. The van der Waals surface area contributed by atoms with Gasteiger partial charge in [-0.2, -0.15) is 5.10 Å². The molecule has 2 aromatic heterocycles. The number of hydrogen-bond acceptors (Lipinski definition) is 4. The van der Waals surface area contributed by atoms with Crippen molar-refractivity contribution >= 4 is 44.5 Å². The van der Waals surface area contributed by atoms with Crippen LogP contribution >= 0.6 is 27.5 Å². The standard InChI is InChI=1S/C21H17BrClN5O2/c22-16-5-3-15(4-6-16)20(29)24-9-10-28-19-18(11-26-28)21(30)27(13-25-19)12-14-1-7-17(23)8-2-14/h1-8,11,13H,9-10,12H2,(H,24,29). The van der Waals surface area contributed by atoms with Gasteiger partial charge >= 0.3 is 0 Å². The van der Waals surface area contributed by atoms with Crippen molar-refractivity contribution in [2.24, 2.45) is 0 Å². The Morgan fingerprint density at radius 3 is 2.57 bits per heavy atom. The van der Waals surface area contributed by atoms with Gasteiger partial charge in [0.1, 0.15) is 11.7 Å². The van der Waals surface area contributed by atoms with Crippen LogP contribution in [0.4, 0.5) is 0 Å². The fraction of sp³-hybridized carbons (Fsp3) is 0.143. The lowest BCUT2D eigenvalue weighted by atomic mass is 10.2. The van der Waals surface area contributed by atoms with E-state index in [0.29, 0.717) is 41.3 Å². The Labute approximate surface area is 185 Å². The predicted molar refractivity (Wildman–Crippen MR) is 119 cm³/mol. The van der Waals surface area contributed by atoms with Crippen molar-refractivity contribution in [1.82, 2.24) is 24.6 Å². The molecule has 0 bridgehead atoms. The van der Waals surface area contributed by atoms with Crippen LogP contribution in [-0.4, -0.2) is 31.8 Å². The SMILES string of the molecule is O=C(NCCn1ncc2c(=O)n(Cc3ccc(Cl)cc3)cnc21)c1ccc(Br)cc1. The maximum Gasteiger partial charge on any atom is 0.264 e. The third-order valence-corrected chi connectivity index (χ3v) is 5.38. The molecule has 4 aromatic rings. The van der Waals surface area contributed by atoms with E-state index in [4.69, 9.17) is 11.6 Å². The van der Waals surface area contributed by atoms with Gasteiger partial charge in [-0.25, -0.2) is 9.67 Å². The first-order chi connectivity index (χ1) is 14.5. The predicted octanol–water partition coefficient (Wildman–Crippen LogP) is 3.49. The van der Waals surface area contributed by atoms with Crippen LogP contribution in [0.25, 0.3) is 11.0 Å². The van der Waals surface area contributed by atoms with Crippen molar-refractivity contribution in [3.63, 3.8) is 0 Å². The van der Waals surface area contributed by atoms with Gasteiger partial charge in [-0.1, -0.05) is 39.7 Å². The second-order valence-electron chi connectivity index (χ2n) is 6.67. The first kappa shape index (κ1) is 20.3. The first-order valence-corrected chi connectivity index (χ1v) is 10.4. The molecule has 1 N–H and O–H groups in total. The van der Waals surface area contributed by atoms with Gasteiger partial charge in [-0.15, -0.1) is 0 Å². The first-order valence-electron chi connectivity index (χ1n) is 9.20. The lowest BCUT2D eigenvalue weighted by molar-refractivity contribution is 0.0952. The van der Waals surface area contributed by atoms with E-state index in [1.165, 1.54) is 17.1 Å². The summed E-state index contributed by atoms with van der Waals surface area (Å²) in [4.78, 5) is 29.4. The molecule has 0 fully saturated rings. The molecule has 0 aliphatic carbocycles. The van der Waals surface area contributed by atoms with Crippen LogP contribution in [0.5, 0.6) is 0 Å². The number of nitrogens with zero attached hydrogens (tertiary/aromatic N) is 4. The quantitative estimate of drug-likeness (QED) is 0.452. The fourth-order valence-electron chi connectivity index (χ4n) is 3.04. The molecule has 4 rings (SSSR count). The topological polar surface area (TPSA) is 81.8 Å². The van der Waals surface area contributed by atoms with Crippen LogP contribution in [0.3, 0.4) is 0 Å². The minimum atomic E-state index is -0.169. The number of halogens is 2. The number of carbonyl (C=O) groups is 1. The highest BCUT2D eigenvalue weighted by molar-refractivity contribution is 9.10. The summed E-state index contributed by atoms with van der Waals surface area (Å²) in [5.41, 5.74) is 1.85. The van der Waals surface area contributed by atoms with E-state index >= 15 is 0 Å². The zero-order chi connectivity index (χ0) is 21.1. The molecule has 2 aromatic carbocycles. The maximum atomic E-state index is 12.8. The summed E-state index contributed by atoms with van der Waals surface area (Å²) in [5.74, 6) is -0.169. The second kappa shape index (κ2) is 8.81. The highest BCUT2D eigenvalue weighted by atomic mass is 79.9. The van der Waals surface area contributed by atoms with Gasteiger partial charge in [0.25, 0.3) is 11.5 Å². The van der Waals surface area contributed by atoms with E-state index in [-0.39, 0.29) is 11.5 Å². The summed E-state index contributed by atoms with van der Waals surface area (Å²) >= 11 is 9.25. The zero-order valence-corrected chi connectivity index (χ0v) is 18.1. The van der Waals surface area contributed by atoms with Gasteiger partial charge in [0.05, 0.1) is 19.3 Å². The number of amides is 1. The normalized spacial score (nSPS) is 11.0. The minimum absolute atomic E-state index is 0.167. The zero-order valence-electron chi connectivity index (χ0n) is 15.8. The smallest absolute Gasteiger partial charge is 0.264 e. The molecule has 0 saturated heterocycles. The van der Waals surface area contributed by atoms with Crippen molar-refractivity contribution in [2.75, 3.05) is 6.54 Å². The molecule has 1 amide bonds. The molecular weight excluding hydrogens is 470 g/mol. The Morgan fingerprint density at radius 1 is 1.10 bits per heavy atom. The fourth-order valence-corrected chi connectivity index (χ4v) is 3.43. The number of rotatable bonds is 6. The molecule has 0 radical (unpaired) electrons. The van der Waals surface area contributed by atoms with E-state index in [1.807, 2.05) is 24.3 Å². The molecule has 0 aliphatic heterocycles. The highest BCUT2D eigenvalue weighted by Crippen LogP contribution is 2.12. The molecule has 0 spiro atoms. The molecule has 152 valence electrons. The number of fused-ring (bicyclic) bond motifs is 1. The van der Waals surface area contributed by atoms with Crippen molar-refractivity contribution in [3.8, 4) is 0 Å². The summed E-state index contributed by atoms with van der Waals surface area (Å²) < 4.78 is 4.06. The molecule has 7 nitrogen and oxygen atoms in total. The van der Waals surface area contributed by atoms with Crippen LogP contribution in [0.1, 0.15) is 15.9 Å². The summed E-state index contributed by atoms with van der Waals surface area (Å²) in [6.45, 7) is 1.16. The van der Waals surface area contributed by atoms with E-state index in [2.05, 4.69) is 31.3 Å². The third kappa shape index (κ3) is 4.44. The lowest BCUT2D eigenvalue weighted by Gasteiger charge is -2.08. The van der Waals surface area contributed by atoms with Crippen molar-refractivity contribution in [3.05, 3.63) is 92.0 Å². The van der Waals surface area contributed by atoms with Gasteiger partial charge in [-0.3, -0.25) is 14.2 Å². The van der Waals surface area contributed by atoms with Gasteiger partial charge < -0.3 is 5.32 Å². The number of carbonyl (C=O) groups excluding carboxylic acids is 1. The van der Waals surface area contributed by atoms with E-state index < -0.39 is 0 Å². The van der Waals surface area contributed by atoms with Crippen LogP contribution in [0.15, 0.2) is 70.3 Å². The lowest BCUT2D eigenvalue weighted by Crippen LogP contribution is -2.27. The van der Waals surface area contributed by atoms with Crippen LogP contribution in [0.2, 0.25) is 5.02 Å². The summed E-state index contributed by atoms with van der Waals surface area (Å²) in [5, 5.41) is 8.19. The number of nitrogens with one attached hydrogen (secondary N) is 1. The van der Waals surface area contributed by atoms with Crippen molar-refractivity contribution in [2.45, 2.75) is 13.1 Å². The largest absolute Gasteiger partial charge is 0.350 e. The van der Waals surface area contributed by atoms with Crippen molar-refractivity contribution in [1.29, 1.82) is 0 Å². The molecule has 9 heteroatoms. The van der Waals surface area contributed by atoms with Crippen LogP contribution in [-0.2, 0) is 13.1 Å². The minimum Gasteiger partial charge on any atom is -0.350 e. The van der Waals surface area contributed by atoms with Crippen LogP contribution in [0, 0.1) is 0 Å². The van der Waals surface area contributed by atoms with Gasteiger partial charge in [0.15, 0.2) is 5.65 Å². The molecule has 0 unspecified atom stereocenters. The third-order valence-electron chi connectivity index (χ3n) is 4.60. The Bertz CT molecular complexity index is 1250. The van der Waals surface area contributed by atoms with E-state index in [1.54, 1.807) is 28.9 Å². The maximum absolute atomic E-state index is 12.8. The Hall–Kier alpha value is -2.97. The summed E-state index contributed by atoms with van der Waals surface area (Å²) in [6, 6.07) is 14.4. The number of hydrogen-bond donors (Lipinski definition) is 1. The molecule has 30 heavy (non-hydrogen) atoms. The molecular formula is C21H17BrClN5O2. The van der Waals surface area contributed by atoms with Crippen molar-refractivity contribution < 1.29 is 4.79 Å². The van der Waals surface area contributed by atoms with Gasteiger partial charge in [0, 0.05) is 21.6 Å². The van der Waals surface area contributed by atoms with Gasteiger partial charge in [-0.05, 0) is 42.0 Å². The average Bonchev–Trinajstić information content (AvgIpc) is 3.16. The monoisotopic (exact) mass is 485 g/mol. The number of benzene rings is 2. The summed E-state index contributed by atoms with van der Waals surface area (Å²) in [7, 11) is 0. The van der Waals surface area contributed by atoms with Gasteiger partial charge in [0.2, 0.25) is 0 Å². The molecule has 0 atom stereocenters. The Kier molecular flexibility index (Phi) is 5.96. The Balaban J connectivity index is 1.45. The second-order valence-corrected chi connectivity index (χ2v) is 8.02. The van der Waals surface area contributed by atoms with Crippen LogP contribution < -0.4 is 10.9 Å². The molecule has 0 aliphatic rings. The molecule has 2 heterocycles. The molecule has 0 saturated carbocycles. The van der Waals surface area contributed by atoms with E-state index in [9.17, 15) is 9.59 Å².